The van der Waals surface area contributed by atoms with Gasteiger partial charge in [-0.3, -0.25) is 0 Å². The fourth-order valence-corrected chi connectivity index (χ4v) is 4.30. The zero-order valence-corrected chi connectivity index (χ0v) is 15.4. The Balaban J connectivity index is 1.65. The van der Waals surface area contributed by atoms with Crippen molar-refractivity contribution in [3.63, 3.8) is 0 Å². The van der Waals surface area contributed by atoms with E-state index in [0.29, 0.717) is 17.6 Å². The lowest BCUT2D eigenvalue weighted by Crippen LogP contribution is -2.07. The van der Waals surface area contributed by atoms with E-state index in [0.717, 1.165) is 40.2 Å². The van der Waals surface area contributed by atoms with Gasteiger partial charge in [0.15, 0.2) is 11.4 Å². The summed E-state index contributed by atoms with van der Waals surface area (Å²) in [6.07, 6.45) is 7.86. The van der Waals surface area contributed by atoms with Crippen LogP contribution in [0, 0.1) is 0 Å². The summed E-state index contributed by atoms with van der Waals surface area (Å²) in [7, 11) is 0. The van der Waals surface area contributed by atoms with Gasteiger partial charge in [-0.2, -0.15) is 9.47 Å². The summed E-state index contributed by atoms with van der Waals surface area (Å²) in [5.74, 6) is 1.84. The lowest BCUT2D eigenvalue weighted by Gasteiger charge is -2.10. The van der Waals surface area contributed by atoms with Crippen molar-refractivity contribution >= 4 is 28.4 Å². The van der Waals surface area contributed by atoms with Crippen molar-refractivity contribution in [1.29, 1.82) is 0 Å². The topological polar surface area (TPSA) is 91.7 Å². The van der Waals surface area contributed by atoms with Crippen LogP contribution in [0.2, 0.25) is 0 Å². The van der Waals surface area contributed by atoms with E-state index in [-0.39, 0.29) is 0 Å². The largest absolute Gasteiger partial charge is 0.454 e. The van der Waals surface area contributed by atoms with E-state index in [4.69, 9.17) is 15.6 Å². The van der Waals surface area contributed by atoms with E-state index in [9.17, 15) is 0 Å². The zero-order valence-electron chi connectivity index (χ0n) is 14.6. The molecule has 0 radical (unpaired) electrons. The molecule has 0 atom stereocenters. The smallest absolute Gasteiger partial charge is 0.167 e. The molecule has 0 amide bonds. The monoisotopic (exact) mass is 378 g/mol. The number of anilines is 1. The molecule has 5 rings (SSSR count). The maximum absolute atomic E-state index is 6.22. The third-order valence-electron chi connectivity index (χ3n) is 4.91. The summed E-state index contributed by atoms with van der Waals surface area (Å²) in [4.78, 5) is 9.51. The maximum Gasteiger partial charge on any atom is 0.167 e. The molecule has 2 N–H and O–H groups in total. The Morgan fingerprint density at radius 2 is 1.93 bits per heavy atom. The third-order valence-corrected chi connectivity index (χ3v) is 5.70. The summed E-state index contributed by atoms with van der Waals surface area (Å²) in [6, 6.07) is 9.99. The minimum atomic E-state index is 0.349. The number of benzene rings is 1. The van der Waals surface area contributed by atoms with Gasteiger partial charge < -0.3 is 10.5 Å². The molecular formula is C19H18N6OS. The first-order valence-electron chi connectivity index (χ1n) is 8.98. The lowest BCUT2D eigenvalue weighted by atomic mass is 10.2. The van der Waals surface area contributed by atoms with E-state index in [1.807, 2.05) is 35.0 Å². The number of nitrogens with two attached hydrogens (primary N) is 1. The second kappa shape index (κ2) is 6.62. The van der Waals surface area contributed by atoms with E-state index in [2.05, 4.69) is 14.3 Å². The van der Waals surface area contributed by atoms with E-state index in [1.54, 1.807) is 6.20 Å². The number of ether oxygens (including phenoxy) is 1. The first-order chi connectivity index (χ1) is 13.3. The number of para-hydroxylation sites is 1. The van der Waals surface area contributed by atoms with Crippen molar-refractivity contribution in [1.82, 2.24) is 24.1 Å². The number of rotatable bonds is 4. The van der Waals surface area contributed by atoms with Crippen LogP contribution in [0.5, 0.6) is 11.5 Å². The van der Waals surface area contributed by atoms with Crippen LogP contribution >= 0.6 is 11.5 Å². The molecule has 3 aromatic heterocycles. The minimum Gasteiger partial charge on any atom is -0.454 e. The highest BCUT2D eigenvalue weighted by molar-refractivity contribution is 7.10. The Morgan fingerprint density at radius 3 is 2.74 bits per heavy atom. The number of hydrogen-bond acceptors (Lipinski definition) is 7. The van der Waals surface area contributed by atoms with Crippen LogP contribution in [0.3, 0.4) is 0 Å². The molecule has 0 bridgehead atoms. The van der Waals surface area contributed by atoms with E-state index in [1.165, 1.54) is 30.7 Å². The summed E-state index contributed by atoms with van der Waals surface area (Å²) >= 11 is 1.34. The highest BCUT2D eigenvalue weighted by atomic mass is 32.1. The van der Waals surface area contributed by atoms with Crippen LogP contribution in [-0.4, -0.2) is 24.1 Å². The fraction of sp³-hybridized carbons (Fsp3) is 0.263. The van der Waals surface area contributed by atoms with Crippen molar-refractivity contribution < 1.29 is 4.74 Å². The van der Waals surface area contributed by atoms with Gasteiger partial charge in [0, 0.05) is 0 Å². The van der Waals surface area contributed by atoms with Crippen molar-refractivity contribution in [2.75, 3.05) is 5.73 Å². The quantitative estimate of drug-likeness (QED) is 0.564. The molecule has 27 heavy (non-hydrogen) atoms. The van der Waals surface area contributed by atoms with Crippen LogP contribution < -0.4 is 10.5 Å². The van der Waals surface area contributed by atoms with Gasteiger partial charge in [0.25, 0.3) is 0 Å². The fourth-order valence-electron chi connectivity index (χ4n) is 3.64. The molecular weight excluding hydrogens is 360 g/mol. The molecule has 1 fully saturated rings. The van der Waals surface area contributed by atoms with Gasteiger partial charge in [0.2, 0.25) is 0 Å². The Bertz CT molecular complexity index is 1080. The highest BCUT2D eigenvalue weighted by Gasteiger charge is 2.26. The first-order valence-corrected chi connectivity index (χ1v) is 9.75. The average Bonchev–Trinajstić information content (AvgIpc) is 3.42. The number of aromatic nitrogens is 5. The second-order valence-corrected chi connectivity index (χ2v) is 7.42. The molecule has 7 nitrogen and oxygen atoms in total. The van der Waals surface area contributed by atoms with Crippen molar-refractivity contribution in [2.45, 2.75) is 31.7 Å². The molecule has 4 aromatic rings. The Labute approximate surface area is 160 Å². The van der Waals surface area contributed by atoms with Gasteiger partial charge in [0.05, 0.1) is 17.6 Å². The molecule has 1 aliphatic rings. The minimum absolute atomic E-state index is 0.349. The molecule has 0 aliphatic heterocycles. The molecule has 1 aromatic carbocycles. The standard InChI is InChI=1S/C19H18N6OS/c20-18-15-16(17-14(10-23-27-17)26-13-8-2-1-3-9-13)24-25(12-6-4-5-7-12)19(15)22-11-21-18/h1-3,8-12H,4-7H2,(H2,20,21,22). The van der Waals surface area contributed by atoms with Crippen LogP contribution in [0.15, 0.2) is 42.9 Å². The van der Waals surface area contributed by atoms with Gasteiger partial charge in [-0.25, -0.2) is 14.6 Å². The van der Waals surface area contributed by atoms with Crippen LogP contribution in [0.4, 0.5) is 5.82 Å². The van der Waals surface area contributed by atoms with Gasteiger partial charge >= 0.3 is 0 Å². The highest BCUT2D eigenvalue weighted by Crippen LogP contribution is 2.42. The molecule has 3 heterocycles. The predicted octanol–water partition coefficient (Wildman–Crippen LogP) is 4.44. The summed E-state index contributed by atoms with van der Waals surface area (Å²) in [5.41, 5.74) is 7.74. The molecule has 0 unspecified atom stereocenters. The van der Waals surface area contributed by atoms with Crippen LogP contribution in [0.1, 0.15) is 31.7 Å². The van der Waals surface area contributed by atoms with Crippen molar-refractivity contribution in [3.05, 3.63) is 42.9 Å². The van der Waals surface area contributed by atoms with Gasteiger partial charge in [-0.05, 0) is 36.5 Å². The normalized spacial score (nSPS) is 14.8. The van der Waals surface area contributed by atoms with Crippen LogP contribution in [0.25, 0.3) is 21.6 Å². The molecule has 1 aliphatic carbocycles. The number of nitrogen functional groups attached to an aromatic ring is 1. The lowest BCUT2D eigenvalue weighted by molar-refractivity contribution is 0.476. The Hall–Kier alpha value is -3.00. The molecule has 136 valence electrons. The third kappa shape index (κ3) is 2.82. The molecule has 0 spiro atoms. The maximum atomic E-state index is 6.22. The SMILES string of the molecule is Nc1ncnc2c1c(-c1sncc1Oc1ccccc1)nn2C1CCCC1. The van der Waals surface area contributed by atoms with Gasteiger partial charge in [-0.1, -0.05) is 31.0 Å². The van der Waals surface area contributed by atoms with E-state index < -0.39 is 0 Å². The average molecular weight is 378 g/mol. The summed E-state index contributed by atoms with van der Waals surface area (Å²) in [5, 5.41) is 5.67. The van der Waals surface area contributed by atoms with Gasteiger partial charge in [0.1, 0.15) is 28.5 Å². The second-order valence-electron chi connectivity index (χ2n) is 6.62. The molecule has 8 heteroatoms. The Morgan fingerprint density at radius 1 is 1.11 bits per heavy atom. The number of hydrogen-bond donors (Lipinski definition) is 1. The predicted molar refractivity (Wildman–Crippen MR) is 105 cm³/mol. The summed E-state index contributed by atoms with van der Waals surface area (Å²) in [6.45, 7) is 0. The number of fused-ring (bicyclic) bond motifs is 1. The van der Waals surface area contributed by atoms with E-state index >= 15 is 0 Å². The Kier molecular flexibility index (Phi) is 3.97. The van der Waals surface area contributed by atoms with Gasteiger partial charge in [-0.15, -0.1) is 0 Å². The molecule has 0 saturated heterocycles. The zero-order chi connectivity index (χ0) is 18.2. The van der Waals surface area contributed by atoms with Crippen LogP contribution in [-0.2, 0) is 0 Å². The molecule has 1 saturated carbocycles. The summed E-state index contributed by atoms with van der Waals surface area (Å²) < 4.78 is 12.4. The van der Waals surface area contributed by atoms with Crippen molar-refractivity contribution in [2.24, 2.45) is 0 Å². The van der Waals surface area contributed by atoms with Crippen molar-refractivity contribution in [3.8, 4) is 22.1 Å². The number of nitrogens with zero attached hydrogens (tertiary/aromatic N) is 5. The first kappa shape index (κ1) is 16.2.